The zero-order valence-corrected chi connectivity index (χ0v) is 17.3. The lowest BCUT2D eigenvalue weighted by Crippen LogP contribution is -2.65. The van der Waals surface area contributed by atoms with Crippen LogP contribution in [-0.2, 0) is 9.53 Å². The van der Waals surface area contributed by atoms with E-state index in [1.165, 1.54) is 11.8 Å². The quantitative estimate of drug-likeness (QED) is 0.383. The van der Waals surface area contributed by atoms with E-state index >= 15 is 0 Å². The smallest absolute Gasteiger partial charge is 0.237 e. The number of hydrogen-bond donors (Lipinski definition) is 5. The molecule has 0 bridgehead atoms. The number of aliphatic hydroxyl groups excluding tert-OH is 3. The summed E-state index contributed by atoms with van der Waals surface area (Å²) < 4.78 is 20.4. The maximum atomic E-state index is 14.6. The lowest BCUT2D eigenvalue weighted by molar-refractivity contribution is -0.205. The topological polar surface area (TPSA) is 111 Å². The molecule has 2 rings (SSSR count). The van der Waals surface area contributed by atoms with Gasteiger partial charge < -0.3 is 30.7 Å². The molecule has 2 aliphatic heterocycles. The van der Waals surface area contributed by atoms with E-state index in [4.69, 9.17) is 16.3 Å². The Hall–Kier alpha value is -0.160. The summed E-state index contributed by atoms with van der Waals surface area (Å²) in [5, 5.41) is 35.6. The van der Waals surface area contributed by atoms with Crippen LogP contribution in [0.25, 0.3) is 0 Å². The van der Waals surface area contributed by atoms with E-state index in [-0.39, 0.29) is 6.42 Å². The van der Waals surface area contributed by atoms with Gasteiger partial charge >= 0.3 is 0 Å². The van der Waals surface area contributed by atoms with E-state index in [1.807, 2.05) is 0 Å². The van der Waals surface area contributed by atoms with Crippen LogP contribution in [0.5, 0.6) is 0 Å². The summed E-state index contributed by atoms with van der Waals surface area (Å²) in [5.41, 5.74) is -2.16. The molecule has 0 aromatic carbocycles. The van der Waals surface area contributed by atoms with Crippen LogP contribution in [0.4, 0.5) is 4.39 Å². The Morgan fingerprint density at radius 1 is 1.41 bits per heavy atom. The Morgan fingerprint density at radius 2 is 2.07 bits per heavy atom. The molecule has 0 spiro atoms. The summed E-state index contributed by atoms with van der Waals surface area (Å²) in [5.74, 6) is -0.431. The summed E-state index contributed by atoms with van der Waals surface area (Å²) in [6, 6.07) is -1.54. The van der Waals surface area contributed by atoms with Crippen LogP contribution in [0.15, 0.2) is 0 Å². The second kappa shape index (κ2) is 9.56. The molecule has 2 heterocycles. The van der Waals surface area contributed by atoms with Gasteiger partial charge in [-0.05, 0) is 32.6 Å². The summed E-state index contributed by atoms with van der Waals surface area (Å²) in [4.78, 5) is 12.7. The van der Waals surface area contributed by atoms with Crippen LogP contribution in [0.2, 0.25) is 0 Å². The number of hydrogen-bond acceptors (Lipinski definition) is 7. The average molecular weight is 429 g/mol. The van der Waals surface area contributed by atoms with Crippen molar-refractivity contribution in [3.63, 3.8) is 0 Å². The third-order valence-corrected chi connectivity index (χ3v) is 6.61. The van der Waals surface area contributed by atoms with Crippen molar-refractivity contribution in [3.8, 4) is 0 Å². The molecule has 7 nitrogen and oxygen atoms in total. The number of alkyl halides is 2. The highest BCUT2D eigenvalue weighted by Crippen LogP contribution is 2.31. The largest absolute Gasteiger partial charge is 0.388 e. The molecule has 5 N–H and O–H groups in total. The first-order chi connectivity index (χ1) is 12.6. The average Bonchev–Trinajstić information content (AvgIpc) is 2.64. The van der Waals surface area contributed by atoms with Crippen LogP contribution in [0, 0.1) is 0 Å². The number of nitrogens with one attached hydrogen (secondary N) is 2. The second-order valence-electron chi connectivity index (χ2n) is 7.35. The normalized spacial score (nSPS) is 42.4. The van der Waals surface area contributed by atoms with Crippen molar-refractivity contribution in [2.24, 2.45) is 0 Å². The molecule has 2 fully saturated rings. The highest BCUT2D eigenvalue weighted by atomic mass is 35.5. The van der Waals surface area contributed by atoms with E-state index in [1.54, 1.807) is 20.1 Å². The molecule has 9 atom stereocenters. The number of rotatable bonds is 6. The summed E-state index contributed by atoms with van der Waals surface area (Å²) in [7, 11) is 0. The number of piperidine rings is 1. The predicted molar refractivity (Wildman–Crippen MR) is 103 cm³/mol. The van der Waals surface area contributed by atoms with Gasteiger partial charge in [-0.3, -0.25) is 4.79 Å². The molecular formula is C17H30ClFN2O5S. The van der Waals surface area contributed by atoms with E-state index in [2.05, 4.69) is 10.6 Å². The molecule has 10 heteroatoms. The predicted octanol–water partition coefficient (Wildman–Crippen LogP) is 0.139. The molecule has 0 aliphatic carbocycles. The molecular weight excluding hydrogens is 399 g/mol. The van der Waals surface area contributed by atoms with Crippen molar-refractivity contribution >= 4 is 29.3 Å². The van der Waals surface area contributed by atoms with Crippen LogP contribution in [0.1, 0.15) is 33.1 Å². The van der Waals surface area contributed by atoms with Crippen molar-refractivity contribution in [2.75, 3.05) is 12.8 Å². The minimum atomic E-state index is -1.43. The van der Waals surface area contributed by atoms with E-state index in [0.717, 1.165) is 0 Å². The Bertz CT molecular complexity index is 518. The van der Waals surface area contributed by atoms with Gasteiger partial charge in [-0.2, -0.15) is 0 Å². The Morgan fingerprint density at radius 3 is 2.63 bits per heavy atom. The standard InChI is InChI=1S/C17H30ClFN2O5S/c1-4-17(19)5-6-20-9(7-17)15(25)21-10(8(2)18)14-12(23)11(22)13(24)16(26-14)27-3/h8-14,16,20,22-24H,4-7H2,1-3H3,(H,21,25)/t8-,9-,10?,11-,12+,13+,14+,16+,17?/m0/s1. The molecule has 158 valence electrons. The highest BCUT2D eigenvalue weighted by Gasteiger charge is 2.48. The SMILES string of the molecule is CCC1(F)CCN[C@H](C(=O)NC([C@H](C)Cl)[C@H]2O[C@H](SC)[C@H](O)[C@@H](O)[C@H]2O)C1. The highest BCUT2D eigenvalue weighted by molar-refractivity contribution is 7.99. The van der Waals surface area contributed by atoms with Gasteiger partial charge in [0.25, 0.3) is 0 Å². The Kier molecular flexibility index (Phi) is 8.19. The monoisotopic (exact) mass is 428 g/mol. The van der Waals surface area contributed by atoms with Crippen molar-refractivity contribution in [3.05, 3.63) is 0 Å². The first-order valence-electron chi connectivity index (χ1n) is 9.22. The van der Waals surface area contributed by atoms with Crippen LogP contribution in [-0.4, -0.2) is 87.0 Å². The number of thioether (sulfide) groups is 1. The number of ether oxygens (including phenoxy) is 1. The minimum absolute atomic E-state index is 0.0571. The van der Waals surface area contributed by atoms with E-state index in [0.29, 0.717) is 19.4 Å². The van der Waals surface area contributed by atoms with Gasteiger partial charge in [0.15, 0.2) is 0 Å². The number of aliphatic hydroxyl groups is 3. The molecule has 2 unspecified atom stereocenters. The number of amides is 1. The van der Waals surface area contributed by atoms with Crippen LogP contribution >= 0.6 is 23.4 Å². The minimum Gasteiger partial charge on any atom is -0.388 e. The molecule has 0 saturated carbocycles. The van der Waals surface area contributed by atoms with Crippen molar-refractivity contribution in [1.82, 2.24) is 10.6 Å². The molecule has 0 aromatic rings. The third kappa shape index (κ3) is 5.26. The van der Waals surface area contributed by atoms with Crippen LogP contribution in [0.3, 0.4) is 0 Å². The lowest BCUT2D eigenvalue weighted by atomic mass is 9.86. The lowest BCUT2D eigenvalue weighted by Gasteiger charge is -2.44. The summed E-state index contributed by atoms with van der Waals surface area (Å²) >= 11 is 7.41. The molecule has 0 radical (unpaired) electrons. The fraction of sp³-hybridized carbons (Fsp3) is 0.941. The molecule has 2 aliphatic rings. The van der Waals surface area contributed by atoms with Gasteiger partial charge in [0.1, 0.15) is 35.5 Å². The Labute approximate surface area is 168 Å². The van der Waals surface area contributed by atoms with Crippen molar-refractivity contribution in [1.29, 1.82) is 0 Å². The summed E-state index contributed by atoms with van der Waals surface area (Å²) in [6.07, 6.45) is -2.68. The molecule has 2 saturated heterocycles. The fourth-order valence-electron chi connectivity index (χ4n) is 3.61. The van der Waals surface area contributed by atoms with Gasteiger partial charge in [-0.15, -0.1) is 23.4 Å². The summed E-state index contributed by atoms with van der Waals surface area (Å²) in [6.45, 7) is 3.78. The maximum absolute atomic E-state index is 14.6. The van der Waals surface area contributed by atoms with E-state index in [9.17, 15) is 24.5 Å². The van der Waals surface area contributed by atoms with Gasteiger partial charge in [0.2, 0.25) is 5.91 Å². The van der Waals surface area contributed by atoms with Gasteiger partial charge in [0.05, 0.1) is 17.5 Å². The fourth-order valence-corrected chi connectivity index (χ4v) is 4.49. The molecule has 27 heavy (non-hydrogen) atoms. The first kappa shape index (κ1) is 23.1. The molecule has 1 amide bonds. The van der Waals surface area contributed by atoms with Gasteiger partial charge in [-0.25, -0.2) is 4.39 Å². The molecule has 0 aromatic heterocycles. The zero-order valence-electron chi connectivity index (χ0n) is 15.8. The number of carbonyl (C=O) groups is 1. The van der Waals surface area contributed by atoms with Gasteiger partial charge in [-0.1, -0.05) is 6.92 Å². The van der Waals surface area contributed by atoms with Gasteiger partial charge in [0, 0.05) is 6.42 Å². The Balaban J connectivity index is 2.11. The van der Waals surface area contributed by atoms with Crippen LogP contribution < -0.4 is 10.6 Å². The maximum Gasteiger partial charge on any atom is 0.237 e. The first-order valence-corrected chi connectivity index (χ1v) is 10.9. The number of halogens is 2. The third-order valence-electron chi connectivity index (χ3n) is 5.48. The number of carbonyl (C=O) groups excluding carboxylic acids is 1. The van der Waals surface area contributed by atoms with Crippen molar-refractivity contribution < 1.29 is 29.2 Å². The van der Waals surface area contributed by atoms with Crippen molar-refractivity contribution in [2.45, 2.75) is 86.1 Å². The van der Waals surface area contributed by atoms with E-state index < -0.39 is 58.9 Å². The zero-order chi connectivity index (χ0) is 20.4. The second-order valence-corrected chi connectivity index (χ2v) is 8.98.